The highest BCUT2D eigenvalue weighted by atomic mass is 32.2. The lowest BCUT2D eigenvalue weighted by molar-refractivity contribution is 0.481. The number of benzene rings is 5. The first-order valence-corrected chi connectivity index (χ1v) is 16.3. The predicted octanol–water partition coefficient (Wildman–Crippen LogP) is 5.17. The van der Waals surface area contributed by atoms with E-state index in [9.17, 15) is 38.9 Å². The van der Waals surface area contributed by atoms with Gasteiger partial charge in [-0.2, -0.15) is 30.4 Å². The Balaban J connectivity index is 1.57. The summed E-state index contributed by atoms with van der Waals surface area (Å²) in [6.45, 7) is 0. The molecule has 0 fully saturated rings. The molecule has 0 aliphatic rings. The average molecular weight is 644 g/mol. The van der Waals surface area contributed by atoms with E-state index in [1.807, 2.05) is 0 Å². The van der Waals surface area contributed by atoms with Crippen LogP contribution in [-0.2, 0) is 30.4 Å². The number of hydrazine groups is 1. The molecule has 0 radical (unpaired) electrons. The van der Waals surface area contributed by atoms with Gasteiger partial charge in [-0.3, -0.25) is 13.7 Å². The first-order chi connectivity index (χ1) is 20.1. The maximum Gasteiger partial charge on any atom is 0.294 e. The smallest absolute Gasteiger partial charge is 0.294 e. The van der Waals surface area contributed by atoms with Crippen LogP contribution in [0.25, 0.3) is 21.5 Å². The van der Waals surface area contributed by atoms with Gasteiger partial charge in [0.05, 0.1) is 37.4 Å². The van der Waals surface area contributed by atoms with Gasteiger partial charge in [0.25, 0.3) is 30.4 Å². The van der Waals surface area contributed by atoms with Crippen molar-refractivity contribution < 1.29 is 38.9 Å². The van der Waals surface area contributed by atoms with Crippen molar-refractivity contribution in [2.75, 3.05) is 16.6 Å². The van der Waals surface area contributed by atoms with Gasteiger partial charge in [0.15, 0.2) is 0 Å². The summed E-state index contributed by atoms with van der Waals surface area (Å²) < 4.78 is 98.6. The highest BCUT2D eigenvalue weighted by molar-refractivity contribution is 7.86. The van der Waals surface area contributed by atoms with Gasteiger partial charge >= 0.3 is 0 Å². The van der Waals surface area contributed by atoms with Gasteiger partial charge in [-0.15, -0.1) is 5.11 Å². The average Bonchev–Trinajstić information content (AvgIpc) is 2.94. The molecule has 5 aromatic rings. The summed E-state index contributed by atoms with van der Waals surface area (Å²) in [4.78, 5) is -1.14. The van der Waals surface area contributed by atoms with E-state index in [0.29, 0.717) is 33.2 Å². The Labute approximate surface area is 245 Å². The topological polar surface area (TPSA) is 238 Å². The monoisotopic (exact) mass is 643 g/mol. The second-order valence-electron chi connectivity index (χ2n) is 9.12. The van der Waals surface area contributed by atoms with E-state index < -0.39 is 35.2 Å². The number of azo groups is 1. The highest BCUT2D eigenvalue weighted by Gasteiger charge is 2.16. The standard InChI is InChI=1S/C26H21N5O9S3/c27-23-8-9-25(21-13-17(42(35,36)37)4-6-19(21)23)30-31-26-11-10-24(20-7-5-18(14-22(20)26)43(38,39)40)29-28-15-2-1-3-16(12-15)41(32,33)34/h1-14,30-31H,27H2,(H,32,33,34)(H,35,36,37)(H,38,39,40)/b29-28+. The molecule has 0 bridgehead atoms. The Morgan fingerprint density at radius 2 is 1.05 bits per heavy atom. The van der Waals surface area contributed by atoms with Crippen LogP contribution in [0.1, 0.15) is 0 Å². The van der Waals surface area contributed by atoms with Gasteiger partial charge in [0.1, 0.15) is 0 Å². The summed E-state index contributed by atoms with van der Waals surface area (Å²) >= 11 is 0. The molecule has 0 unspecified atom stereocenters. The minimum Gasteiger partial charge on any atom is -0.398 e. The molecule has 0 spiro atoms. The van der Waals surface area contributed by atoms with Crippen molar-refractivity contribution in [3.63, 3.8) is 0 Å². The molecule has 0 aliphatic carbocycles. The van der Waals surface area contributed by atoms with Crippen LogP contribution in [0.2, 0.25) is 0 Å². The van der Waals surface area contributed by atoms with Crippen LogP contribution < -0.4 is 16.6 Å². The lowest BCUT2D eigenvalue weighted by Gasteiger charge is -2.16. The summed E-state index contributed by atoms with van der Waals surface area (Å²) in [6.07, 6.45) is 0. The zero-order valence-electron chi connectivity index (χ0n) is 21.6. The van der Waals surface area contributed by atoms with E-state index in [-0.39, 0.29) is 26.6 Å². The van der Waals surface area contributed by atoms with Crippen molar-refractivity contribution in [1.29, 1.82) is 0 Å². The van der Waals surface area contributed by atoms with Crippen molar-refractivity contribution >= 4 is 80.3 Å². The van der Waals surface area contributed by atoms with Crippen LogP contribution in [0.3, 0.4) is 0 Å². The highest BCUT2D eigenvalue weighted by Crippen LogP contribution is 2.36. The van der Waals surface area contributed by atoms with E-state index in [1.165, 1.54) is 60.7 Å². The van der Waals surface area contributed by atoms with Crippen LogP contribution >= 0.6 is 0 Å². The van der Waals surface area contributed by atoms with Crippen LogP contribution in [0.4, 0.5) is 28.4 Å². The van der Waals surface area contributed by atoms with Crippen molar-refractivity contribution in [1.82, 2.24) is 0 Å². The van der Waals surface area contributed by atoms with Crippen LogP contribution in [-0.4, -0.2) is 38.9 Å². The maximum atomic E-state index is 11.9. The molecule has 0 amide bonds. The number of nitrogens with two attached hydrogens (primary N) is 1. The number of nitrogens with one attached hydrogen (secondary N) is 2. The molecule has 222 valence electrons. The number of anilines is 3. The SMILES string of the molecule is Nc1ccc(NNc2ccc(/N=N/c3cccc(S(=O)(=O)O)c3)c3ccc(S(=O)(=O)O)cc23)c2cc(S(=O)(=O)O)ccc12. The second kappa shape index (κ2) is 10.9. The number of nitrogens with zero attached hydrogens (tertiary/aromatic N) is 2. The zero-order chi connectivity index (χ0) is 31.2. The molecule has 0 aromatic heterocycles. The Kier molecular flexibility index (Phi) is 7.55. The minimum absolute atomic E-state index is 0.112. The number of rotatable bonds is 8. The van der Waals surface area contributed by atoms with Gasteiger partial charge < -0.3 is 16.6 Å². The second-order valence-corrected chi connectivity index (χ2v) is 13.4. The third-order valence-electron chi connectivity index (χ3n) is 6.30. The molecule has 14 nitrogen and oxygen atoms in total. The lowest BCUT2D eigenvalue weighted by Crippen LogP contribution is -2.10. The Morgan fingerprint density at radius 1 is 0.535 bits per heavy atom. The van der Waals surface area contributed by atoms with Crippen LogP contribution in [0.15, 0.2) is 110 Å². The molecule has 7 N–H and O–H groups in total. The van der Waals surface area contributed by atoms with Crippen molar-refractivity contribution in [2.24, 2.45) is 10.2 Å². The molecule has 43 heavy (non-hydrogen) atoms. The molecule has 0 saturated heterocycles. The number of hydrogen-bond acceptors (Lipinski definition) is 11. The third kappa shape index (κ3) is 6.41. The fourth-order valence-electron chi connectivity index (χ4n) is 4.24. The largest absolute Gasteiger partial charge is 0.398 e. The van der Waals surface area contributed by atoms with Crippen molar-refractivity contribution in [2.45, 2.75) is 14.7 Å². The fraction of sp³-hybridized carbons (Fsp3) is 0. The summed E-state index contributed by atoms with van der Waals surface area (Å²) in [5.74, 6) is 0. The Hall–Kier alpha value is -4.65. The summed E-state index contributed by atoms with van der Waals surface area (Å²) in [5, 5.41) is 9.68. The molecule has 0 atom stereocenters. The first kappa shape index (κ1) is 29.8. The van der Waals surface area contributed by atoms with Crippen LogP contribution in [0, 0.1) is 0 Å². The fourth-order valence-corrected chi connectivity index (χ4v) is 5.77. The van der Waals surface area contributed by atoms with E-state index in [1.54, 1.807) is 12.1 Å². The number of nitrogen functional groups attached to an aromatic ring is 1. The van der Waals surface area contributed by atoms with Gasteiger partial charge in [0.2, 0.25) is 0 Å². The van der Waals surface area contributed by atoms with E-state index in [4.69, 9.17) is 5.73 Å². The number of hydrogen-bond donors (Lipinski definition) is 6. The molecular formula is C26H21N5O9S3. The zero-order valence-corrected chi connectivity index (χ0v) is 24.0. The van der Waals surface area contributed by atoms with Gasteiger partial charge in [-0.25, -0.2) is 0 Å². The van der Waals surface area contributed by atoms with Gasteiger partial charge in [0, 0.05) is 27.2 Å². The molecule has 17 heteroatoms. The van der Waals surface area contributed by atoms with E-state index >= 15 is 0 Å². The van der Waals surface area contributed by atoms with Crippen molar-refractivity contribution in [3.8, 4) is 0 Å². The lowest BCUT2D eigenvalue weighted by atomic mass is 10.1. The van der Waals surface area contributed by atoms with Gasteiger partial charge in [-0.05, 0) is 66.7 Å². The molecular weight excluding hydrogens is 623 g/mol. The molecule has 5 aromatic carbocycles. The normalized spacial score (nSPS) is 12.6. The third-order valence-corrected chi connectivity index (χ3v) is 8.85. The van der Waals surface area contributed by atoms with E-state index in [0.717, 1.165) is 12.1 Å². The number of fused-ring (bicyclic) bond motifs is 2. The molecule has 0 aliphatic heterocycles. The van der Waals surface area contributed by atoms with Crippen molar-refractivity contribution in [3.05, 3.63) is 84.9 Å². The first-order valence-electron chi connectivity index (χ1n) is 12.0. The quantitative estimate of drug-likeness (QED) is 0.0556. The molecule has 5 rings (SSSR count). The Morgan fingerprint density at radius 3 is 1.63 bits per heavy atom. The van der Waals surface area contributed by atoms with Crippen LogP contribution in [0.5, 0.6) is 0 Å². The summed E-state index contributed by atoms with van der Waals surface area (Å²) in [6, 6.07) is 19.0. The molecule has 0 heterocycles. The predicted molar refractivity (Wildman–Crippen MR) is 160 cm³/mol. The summed E-state index contributed by atoms with van der Waals surface area (Å²) in [5.41, 5.74) is 13.3. The molecule has 0 saturated carbocycles. The Bertz CT molecular complexity index is 2290. The maximum absolute atomic E-state index is 11.9. The van der Waals surface area contributed by atoms with E-state index in [2.05, 4.69) is 21.1 Å². The minimum atomic E-state index is -4.59. The summed E-state index contributed by atoms with van der Waals surface area (Å²) in [7, 11) is -13.6. The van der Waals surface area contributed by atoms with Gasteiger partial charge in [-0.1, -0.05) is 18.2 Å².